The van der Waals surface area contributed by atoms with E-state index in [0.717, 1.165) is 25.2 Å². The Hall–Kier alpha value is 0.0969. The summed E-state index contributed by atoms with van der Waals surface area (Å²) in [6.45, 7) is 8.00. The second-order valence-electron chi connectivity index (χ2n) is 6.62. The molecular formula is C17H34O3Si. The van der Waals surface area contributed by atoms with Crippen molar-refractivity contribution in [2.24, 2.45) is 5.92 Å². The lowest BCUT2D eigenvalue weighted by Crippen LogP contribution is -2.41. The Kier molecular flexibility index (Phi) is 7.19. The molecule has 0 aromatic rings. The molecule has 0 aromatic carbocycles. The maximum Gasteiger partial charge on any atom is 0.337 e. The van der Waals surface area contributed by atoms with E-state index in [4.69, 9.17) is 13.6 Å². The summed E-state index contributed by atoms with van der Waals surface area (Å²) >= 11 is 0. The number of hydrogen-bond acceptors (Lipinski definition) is 3. The molecule has 21 heavy (non-hydrogen) atoms. The summed E-state index contributed by atoms with van der Waals surface area (Å²) in [5.41, 5.74) is 0. The summed E-state index contributed by atoms with van der Waals surface area (Å²) in [5, 5.41) is 0. The highest BCUT2D eigenvalue weighted by molar-refractivity contribution is 6.67. The zero-order valence-electron chi connectivity index (χ0n) is 14.2. The largest absolute Gasteiger partial charge is 0.394 e. The van der Waals surface area contributed by atoms with E-state index in [2.05, 4.69) is 20.8 Å². The molecule has 0 radical (unpaired) electrons. The third-order valence-electron chi connectivity index (χ3n) is 5.14. The van der Waals surface area contributed by atoms with Crippen molar-refractivity contribution < 1.29 is 13.6 Å². The Morgan fingerprint density at radius 2 is 1.71 bits per heavy atom. The highest BCUT2D eigenvalue weighted by Gasteiger charge is 2.43. The lowest BCUT2D eigenvalue weighted by Gasteiger charge is -2.29. The van der Waals surface area contributed by atoms with Gasteiger partial charge in [-0.3, -0.25) is 0 Å². The summed E-state index contributed by atoms with van der Waals surface area (Å²) < 4.78 is 17.7. The topological polar surface area (TPSA) is 31.0 Å². The lowest BCUT2D eigenvalue weighted by molar-refractivity contribution is 0.182. The standard InChI is InChI=1S/C17H34O3Si/c1-4-18-21(6-3,19-5-2)13-9-7-8-10-15-11-12-16-17(14-15)20-16/h15-17H,4-14H2,1-3H3. The first-order valence-corrected chi connectivity index (χ1v) is 11.4. The number of fused-ring (bicyclic) bond motifs is 1. The predicted octanol–water partition coefficient (Wildman–Crippen LogP) is 4.65. The maximum atomic E-state index is 6.04. The van der Waals surface area contributed by atoms with Crippen molar-refractivity contribution in [3.05, 3.63) is 0 Å². The number of hydrogen-bond donors (Lipinski definition) is 0. The zero-order chi connectivity index (χ0) is 15.1. The summed E-state index contributed by atoms with van der Waals surface area (Å²) in [5.74, 6) is 0.931. The minimum Gasteiger partial charge on any atom is -0.394 e. The van der Waals surface area contributed by atoms with Gasteiger partial charge < -0.3 is 13.6 Å². The maximum absolute atomic E-state index is 6.04. The minimum atomic E-state index is -1.88. The molecule has 0 amide bonds. The van der Waals surface area contributed by atoms with E-state index in [1.165, 1.54) is 51.0 Å². The Labute approximate surface area is 132 Å². The average Bonchev–Trinajstić information content (AvgIpc) is 3.25. The quantitative estimate of drug-likeness (QED) is 0.316. The molecule has 3 unspecified atom stereocenters. The highest BCUT2D eigenvalue weighted by Crippen LogP contribution is 2.41. The van der Waals surface area contributed by atoms with Crippen molar-refractivity contribution in [1.29, 1.82) is 0 Å². The average molecular weight is 315 g/mol. The smallest absolute Gasteiger partial charge is 0.337 e. The van der Waals surface area contributed by atoms with Gasteiger partial charge in [0.1, 0.15) is 0 Å². The van der Waals surface area contributed by atoms with E-state index in [1.807, 2.05) is 0 Å². The van der Waals surface area contributed by atoms with Gasteiger partial charge in [0, 0.05) is 13.2 Å². The summed E-state index contributed by atoms with van der Waals surface area (Å²) in [7, 11) is -1.88. The van der Waals surface area contributed by atoms with Crippen LogP contribution in [0.4, 0.5) is 0 Å². The van der Waals surface area contributed by atoms with Gasteiger partial charge >= 0.3 is 8.56 Å². The molecule has 3 atom stereocenters. The molecule has 0 bridgehead atoms. The second-order valence-corrected chi connectivity index (χ2v) is 10.2. The molecule has 124 valence electrons. The zero-order valence-corrected chi connectivity index (χ0v) is 15.2. The summed E-state index contributed by atoms with van der Waals surface area (Å²) in [6, 6.07) is 2.25. The van der Waals surface area contributed by atoms with Crippen LogP contribution in [0, 0.1) is 5.92 Å². The van der Waals surface area contributed by atoms with Crippen LogP contribution in [0.15, 0.2) is 0 Å². The third-order valence-corrected chi connectivity index (χ3v) is 8.96. The monoisotopic (exact) mass is 314 g/mol. The molecule has 1 aliphatic carbocycles. The Morgan fingerprint density at radius 1 is 0.952 bits per heavy atom. The predicted molar refractivity (Wildman–Crippen MR) is 88.8 cm³/mol. The van der Waals surface area contributed by atoms with Crippen LogP contribution in [-0.4, -0.2) is 34.0 Å². The van der Waals surface area contributed by atoms with Crippen LogP contribution in [0.5, 0.6) is 0 Å². The molecule has 3 nitrogen and oxygen atoms in total. The van der Waals surface area contributed by atoms with Crippen LogP contribution in [0.2, 0.25) is 12.1 Å². The van der Waals surface area contributed by atoms with Crippen molar-refractivity contribution in [3.8, 4) is 0 Å². The van der Waals surface area contributed by atoms with Gasteiger partial charge in [0.15, 0.2) is 0 Å². The lowest BCUT2D eigenvalue weighted by atomic mass is 9.86. The van der Waals surface area contributed by atoms with Gasteiger partial charge in [0.05, 0.1) is 12.2 Å². The molecule has 1 saturated heterocycles. The van der Waals surface area contributed by atoms with E-state index in [0.29, 0.717) is 12.2 Å². The first kappa shape index (κ1) is 17.5. The Bertz CT molecular complexity index is 292. The van der Waals surface area contributed by atoms with Crippen LogP contribution in [0.1, 0.15) is 65.7 Å². The minimum absolute atomic E-state index is 0.639. The fourth-order valence-corrected chi connectivity index (χ4v) is 6.82. The molecule has 2 aliphatic rings. The van der Waals surface area contributed by atoms with E-state index in [9.17, 15) is 0 Å². The fourth-order valence-electron chi connectivity index (χ4n) is 3.85. The molecule has 2 fully saturated rings. The van der Waals surface area contributed by atoms with Crippen LogP contribution < -0.4 is 0 Å². The van der Waals surface area contributed by atoms with Gasteiger partial charge in [-0.05, 0) is 51.1 Å². The van der Waals surface area contributed by atoms with Crippen molar-refractivity contribution in [3.63, 3.8) is 0 Å². The van der Waals surface area contributed by atoms with Crippen molar-refractivity contribution in [2.75, 3.05) is 13.2 Å². The van der Waals surface area contributed by atoms with Crippen molar-refractivity contribution >= 4 is 8.56 Å². The van der Waals surface area contributed by atoms with Gasteiger partial charge in [-0.1, -0.05) is 32.6 Å². The molecule has 0 spiro atoms. The number of ether oxygens (including phenoxy) is 1. The van der Waals surface area contributed by atoms with Crippen LogP contribution in [0.3, 0.4) is 0 Å². The Balaban J connectivity index is 1.58. The first-order valence-electron chi connectivity index (χ1n) is 9.16. The molecule has 1 heterocycles. The number of unbranched alkanes of at least 4 members (excludes halogenated alkanes) is 2. The van der Waals surface area contributed by atoms with Gasteiger partial charge in [-0.2, -0.15) is 0 Å². The number of rotatable bonds is 11. The van der Waals surface area contributed by atoms with Crippen LogP contribution in [0.25, 0.3) is 0 Å². The molecule has 1 saturated carbocycles. The van der Waals surface area contributed by atoms with E-state index in [1.54, 1.807) is 0 Å². The second kappa shape index (κ2) is 8.66. The van der Waals surface area contributed by atoms with Crippen molar-refractivity contribution in [2.45, 2.75) is 90.0 Å². The SMILES string of the molecule is CCO[Si](CC)(CCCCCC1CCC2OC2C1)OCC. The molecule has 0 aromatic heterocycles. The van der Waals surface area contributed by atoms with E-state index in [-0.39, 0.29) is 0 Å². The van der Waals surface area contributed by atoms with Gasteiger partial charge in [0.25, 0.3) is 0 Å². The molecule has 4 heteroatoms. The third kappa shape index (κ3) is 5.34. The summed E-state index contributed by atoms with van der Waals surface area (Å²) in [6.07, 6.45) is 10.7. The van der Waals surface area contributed by atoms with Gasteiger partial charge in [0.2, 0.25) is 0 Å². The summed E-state index contributed by atoms with van der Waals surface area (Å²) in [4.78, 5) is 0. The van der Waals surface area contributed by atoms with Crippen molar-refractivity contribution in [1.82, 2.24) is 0 Å². The molecule has 0 N–H and O–H groups in total. The Morgan fingerprint density at radius 3 is 2.33 bits per heavy atom. The molecular weight excluding hydrogens is 280 g/mol. The fraction of sp³-hybridized carbons (Fsp3) is 1.00. The normalized spacial score (nSPS) is 28.4. The van der Waals surface area contributed by atoms with Crippen LogP contribution in [-0.2, 0) is 13.6 Å². The van der Waals surface area contributed by atoms with E-state index < -0.39 is 8.56 Å². The van der Waals surface area contributed by atoms with E-state index >= 15 is 0 Å². The molecule has 2 rings (SSSR count). The highest BCUT2D eigenvalue weighted by atomic mass is 28.4. The molecule has 1 aliphatic heterocycles. The van der Waals surface area contributed by atoms with Gasteiger partial charge in [-0.25, -0.2) is 0 Å². The first-order chi connectivity index (χ1) is 10.2. The number of epoxide rings is 1. The van der Waals surface area contributed by atoms with Crippen LogP contribution >= 0.6 is 0 Å². The van der Waals surface area contributed by atoms with Gasteiger partial charge in [-0.15, -0.1) is 0 Å².